The normalized spacial score (nSPS) is 16.5. The second-order valence-electron chi connectivity index (χ2n) is 7.13. The summed E-state index contributed by atoms with van der Waals surface area (Å²) in [6, 6.07) is 14.5. The molecule has 150 valence electrons. The molecule has 28 heavy (non-hydrogen) atoms. The number of nitrogens with one attached hydrogen (secondary N) is 1. The van der Waals surface area contributed by atoms with Gasteiger partial charge in [-0.05, 0) is 49.6 Å². The van der Waals surface area contributed by atoms with Crippen molar-refractivity contribution in [3.05, 3.63) is 64.1 Å². The summed E-state index contributed by atoms with van der Waals surface area (Å²) in [4.78, 5) is 12.9. The molecule has 0 spiro atoms. The van der Waals surface area contributed by atoms with E-state index >= 15 is 0 Å². The van der Waals surface area contributed by atoms with Crippen molar-refractivity contribution in [2.45, 2.75) is 36.6 Å². The van der Waals surface area contributed by atoms with Crippen LogP contribution in [0.25, 0.3) is 0 Å². The fourth-order valence-corrected chi connectivity index (χ4v) is 5.05. The molecule has 1 aliphatic rings. The first-order chi connectivity index (χ1) is 13.3. The van der Waals surface area contributed by atoms with Gasteiger partial charge in [0.25, 0.3) is 0 Å². The molecule has 1 heterocycles. The third-order valence-electron chi connectivity index (χ3n) is 5.08. The Kier molecular flexibility index (Phi) is 6.58. The lowest BCUT2D eigenvalue weighted by atomic mass is 9.82. The van der Waals surface area contributed by atoms with Crippen LogP contribution in [-0.2, 0) is 24.9 Å². The number of halogens is 1. The molecule has 2 aromatic carbocycles. The first kappa shape index (κ1) is 21.0. The molecule has 0 radical (unpaired) electrons. The molecule has 0 aliphatic carbocycles. The fourth-order valence-electron chi connectivity index (χ4n) is 3.41. The highest BCUT2D eigenvalue weighted by Gasteiger charge is 2.36. The van der Waals surface area contributed by atoms with Gasteiger partial charge in [-0.3, -0.25) is 4.79 Å². The molecular weight excluding hydrogens is 442 g/mol. The second-order valence-corrected chi connectivity index (χ2v) is 10.2. The average Bonchev–Trinajstić information content (AvgIpc) is 2.68. The first-order valence-corrected chi connectivity index (χ1v) is 11.7. The van der Waals surface area contributed by atoms with Crippen molar-refractivity contribution >= 4 is 31.7 Å². The lowest BCUT2D eigenvalue weighted by Crippen LogP contribution is -2.49. The van der Waals surface area contributed by atoms with Gasteiger partial charge < -0.3 is 10.1 Å². The lowest BCUT2D eigenvalue weighted by molar-refractivity contribution is -0.124. The van der Waals surface area contributed by atoms with E-state index in [0.29, 0.717) is 26.1 Å². The van der Waals surface area contributed by atoms with Gasteiger partial charge in [-0.25, -0.2) is 8.42 Å². The van der Waals surface area contributed by atoms with Crippen LogP contribution >= 0.6 is 15.9 Å². The van der Waals surface area contributed by atoms with Crippen molar-refractivity contribution in [1.82, 2.24) is 5.32 Å². The van der Waals surface area contributed by atoms with Crippen LogP contribution < -0.4 is 5.32 Å². The zero-order chi connectivity index (χ0) is 20.2. The summed E-state index contributed by atoms with van der Waals surface area (Å²) in [6.45, 7) is 3.00. The fraction of sp³-hybridized carbons (Fsp3) is 0.381. The molecule has 0 bridgehead atoms. The maximum atomic E-state index is 12.7. The third kappa shape index (κ3) is 5.01. The third-order valence-corrected chi connectivity index (χ3v) is 7.31. The SMILES string of the molecule is Cc1ccc(S(=O)(=O)CCC(=O)NC2(c3cccc(Br)c3)CCOCC2)cc1. The monoisotopic (exact) mass is 465 g/mol. The standard InChI is InChI=1S/C21H24BrNO4S/c1-16-5-7-19(8-6-16)28(25,26)14-9-20(24)23-21(10-12-27-13-11-21)17-3-2-4-18(22)15-17/h2-8,15H,9-14H2,1H3,(H,23,24). The molecule has 1 saturated heterocycles. The average molecular weight is 466 g/mol. The Morgan fingerprint density at radius 1 is 1.14 bits per heavy atom. The van der Waals surface area contributed by atoms with E-state index in [4.69, 9.17) is 4.74 Å². The minimum Gasteiger partial charge on any atom is -0.381 e. The van der Waals surface area contributed by atoms with Crippen LogP contribution in [0.2, 0.25) is 0 Å². The van der Waals surface area contributed by atoms with Crippen molar-refractivity contribution in [3.63, 3.8) is 0 Å². The Bertz CT molecular complexity index is 935. The molecule has 5 nitrogen and oxygen atoms in total. The highest BCUT2D eigenvalue weighted by molar-refractivity contribution is 9.10. The predicted molar refractivity (Wildman–Crippen MR) is 112 cm³/mol. The Balaban J connectivity index is 1.71. The minimum absolute atomic E-state index is 0.0766. The maximum absolute atomic E-state index is 12.7. The number of hydrogen-bond acceptors (Lipinski definition) is 4. The van der Waals surface area contributed by atoms with E-state index in [9.17, 15) is 13.2 Å². The summed E-state index contributed by atoms with van der Waals surface area (Å²) < 4.78 is 31.5. The summed E-state index contributed by atoms with van der Waals surface area (Å²) in [5.41, 5.74) is 1.46. The molecule has 0 unspecified atom stereocenters. The number of carbonyl (C=O) groups is 1. The molecular formula is C21H24BrNO4S. The molecule has 1 aliphatic heterocycles. The van der Waals surface area contributed by atoms with Crippen molar-refractivity contribution in [2.75, 3.05) is 19.0 Å². The van der Waals surface area contributed by atoms with Gasteiger partial charge in [0.1, 0.15) is 0 Å². The Morgan fingerprint density at radius 2 is 1.82 bits per heavy atom. The number of carbonyl (C=O) groups excluding carboxylic acids is 1. The molecule has 3 rings (SSSR count). The van der Waals surface area contributed by atoms with Crippen molar-refractivity contribution in [3.8, 4) is 0 Å². The largest absolute Gasteiger partial charge is 0.381 e. The Hall–Kier alpha value is -1.70. The van der Waals surface area contributed by atoms with Gasteiger partial charge in [0.2, 0.25) is 5.91 Å². The van der Waals surface area contributed by atoms with Gasteiger partial charge in [-0.1, -0.05) is 45.8 Å². The van der Waals surface area contributed by atoms with Crippen LogP contribution in [0, 0.1) is 6.92 Å². The zero-order valence-corrected chi connectivity index (χ0v) is 18.2. The Morgan fingerprint density at radius 3 is 2.46 bits per heavy atom. The van der Waals surface area contributed by atoms with E-state index in [1.165, 1.54) is 0 Å². The van der Waals surface area contributed by atoms with Gasteiger partial charge in [0, 0.05) is 24.1 Å². The molecule has 0 atom stereocenters. The number of benzene rings is 2. The van der Waals surface area contributed by atoms with E-state index in [2.05, 4.69) is 21.2 Å². The van der Waals surface area contributed by atoms with Gasteiger partial charge >= 0.3 is 0 Å². The number of ether oxygens (including phenoxy) is 1. The Labute approximate surface area is 174 Å². The van der Waals surface area contributed by atoms with E-state index in [1.807, 2.05) is 31.2 Å². The van der Waals surface area contributed by atoms with E-state index in [1.54, 1.807) is 24.3 Å². The van der Waals surface area contributed by atoms with Crippen molar-refractivity contribution in [1.29, 1.82) is 0 Å². The summed E-state index contributed by atoms with van der Waals surface area (Å²) in [7, 11) is -3.50. The highest BCUT2D eigenvalue weighted by Crippen LogP contribution is 2.33. The molecule has 1 fully saturated rings. The van der Waals surface area contributed by atoms with Gasteiger partial charge in [-0.2, -0.15) is 0 Å². The topological polar surface area (TPSA) is 72.5 Å². The summed E-state index contributed by atoms with van der Waals surface area (Å²) in [5.74, 6) is -0.481. The van der Waals surface area contributed by atoms with E-state index in [0.717, 1.165) is 15.6 Å². The van der Waals surface area contributed by atoms with Gasteiger partial charge in [0.15, 0.2) is 9.84 Å². The van der Waals surface area contributed by atoms with Crippen molar-refractivity contribution in [2.24, 2.45) is 0 Å². The van der Waals surface area contributed by atoms with Gasteiger partial charge in [-0.15, -0.1) is 0 Å². The van der Waals surface area contributed by atoms with Crippen molar-refractivity contribution < 1.29 is 17.9 Å². The summed E-state index contributed by atoms with van der Waals surface area (Å²) in [5, 5.41) is 3.10. The van der Waals surface area contributed by atoms with E-state index < -0.39 is 15.4 Å². The van der Waals surface area contributed by atoms with Crippen LogP contribution in [-0.4, -0.2) is 33.3 Å². The molecule has 2 aromatic rings. The smallest absolute Gasteiger partial charge is 0.221 e. The quantitative estimate of drug-likeness (QED) is 0.704. The number of hydrogen-bond donors (Lipinski definition) is 1. The molecule has 1 N–H and O–H groups in total. The predicted octanol–water partition coefficient (Wildman–Crippen LogP) is 3.74. The number of sulfone groups is 1. The molecule has 0 saturated carbocycles. The van der Waals surface area contributed by atoms with Gasteiger partial charge in [0.05, 0.1) is 16.2 Å². The summed E-state index contributed by atoms with van der Waals surface area (Å²) in [6.07, 6.45) is 1.23. The van der Waals surface area contributed by atoms with Crippen LogP contribution in [0.3, 0.4) is 0 Å². The minimum atomic E-state index is -3.50. The molecule has 7 heteroatoms. The number of rotatable bonds is 6. The summed E-state index contributed by atoms with van der Waals surface area (Å²) >= 11 is 3.48. The second kappa shape index (κ2) is 8.76. The van der Waals surface area contributed by atoms with Crippen LogP contribution in [0.4, 0.5) is 0 Å². The van der Waals surface area contributed by atoms with Crippen LogP contribution in [0.15, 0.2) is 57.9 Å². The molecule has 0 aromatic heterocycles. The van der Waals surface area contributed by atoms with E-state index in [-0.39, 0.29) is 23.0 Å². The number of aryl methyl sites for hydroxylation is 1. The number of amides is 1. The van der Waals surface area contributed by atoms with Crippen LogP contribution in [0.1, 0.15) is 30.4 Å². The zero-order valence-electron chi connectivity index (χ0n) is 15.8. The van der Waals surface area contributed by atoms with Crippen LogP contribution in [0.5, 0.6) is 0 Å². The highest BCUT2D eigenvalue weighted by atomic mass is 79.9. The lowest BCUT2D eigenvalue weighted by Gasteiger charge is -2.38. The first-order valence-electron chi connectivity index (χ1n) is 9.25. The maximum Gasteiger partial charge on any atom is 0.221 e. The molecule has 1 amide bonds.